The van der Waals surface area contributed by atoms with Gasteiger partial charge in [0.15, 0.2) is 0 Å². The van der Waals surface area contributed by atoms with E-state index in [9.17, 15) is 9.59 Å². The minimum atomic E-state index is -0.369. The molecule has 2 amide bonds. The first-order valence-electron chi connectivity index (χ1n) is 8.72. The number of nitrogens with one attached hydrogen (secondary N) is 1. The lowest BCUT2D eigenvalue weighted by Gasteiger charge is -2.32. The highest BCUT2D eigenvalue weighted by Crippen LogP contribution is 2.16. The van der Waals surface area contributed by atoms with Crippen LogP contribution in [0.5, 0.6) is 5.75 Å². The zero-order chi connectivity index (χ0) is 19.8. The number of hydrogen-bond acceptors (Lipinski definition) is 6. The lowest BCUT2D eigenvalue weighted by molar-refractivity contribution is -0.140. The van der Waals surface area contributed by atoms with Crippen molar-refractivity contribution in [3.8, 4) is 5.75 Å². The van der Waals surface area contributed by atoms with Crippen LogP contribution >= 0.6 is 11.6 Å². The maximum atomic E-state index is 12.3. The Kier molecular flexibility index (Phi) is 7.05. The number of carbonyl (C=O) groups excluding carboxylic acids is 2. The molecule has 1 atom stereocenters. The molecular weight excluding hydrogens is 386 g/mol. The smallest absolute Gasteiger partial charge is 0.244 e. The van der Waals surface area contributed by atoms with Gasteiger partial charge in [-0.25, -0.2) is 0 Å². The van der Waals surface area contributed by atoms with Gasteiger partial charge in [0.25, 0.3) is 0 Å². The van der Waals surface area contributed by atoms with E-state index in [0.29, 0.717) is 36.2 Å². The van der Waals surface area contributed by atoms with Crippen molar-refractivity contribution in [2.45, 2.75) is 6.10 Å². The van der Waals surface area contributed by atoms with Crippen molar-refractivity contribution in [2.75, 3.05) is 32.8 Å². The second-order valence-corrected chi connectivity index (χ2v) is 6.49. The summed E-state index contributed by atoms with van der Waals surface area (Å²) in [6.45, 7) is 1.42. The average Bonchev–Trinajstić information content (AvgIpc) is 3.23. The van der Waals surface area contributed by atoms with Crippen LogP contribution in [0, 0.1) is 0 Å². The summed E-state index contributed by atoms with van der Waals surface area (Å²) >= 11 is 5.87. The van der Waals surface area contributed by atoms with E-state index in [1.807, 2.05) is 0 Å². The van der Waals surface area contributed by atoms with E-state index in [0.717, 1.165) is 0 Å². The summed E-state index contributed by atoms with van der Waals surface area (Å²) in [6.07, 6.45) is 7.18. The molecule has 0 radical (unpaired) electrons. The van der Waals surface area contributed by atoms with Crippen LogP contribution < -0.4 is 10.1 Å². The van der Waals surface area contributed by atoms with Gasteiger partial charge in [0.2, 0.25) is 11.8 Å². The SMILES string of the molecule is O=C(C=Cc1ccco1)NCC(=O)N1CCOC(COc2cncc(Cl)c2)C1. The highest BCUT2D eigenvalue weighted by atomic mass is 35.5. The fourth-order valence-electron chi connectivity index (χ4n) is 2.58. The fourth-order valence-corrected chi connectivity index (χ4v) is 2.75. The van der Waals surface area contributed by atoms with Gasteiger partial charge in [-0.05, 0) is 18.2 Å². The molecule has 0 aliphatic carbocycles. The molecule has 28 heavy (non-hydrogen) atoms. The van der Waals surface area contributed by atoms with E-state index >= 15 is 0 Å². The van der Waals surface area contributed by atoms with Crippen LogP contribution in [0.15, 0.2) is 47.3 Å². The standard InChI is InChI=1S/C19H20ClN3O5/c20-14-8-16(10-21-9-14)28-13-17-12-23(5-7-27-17)19(25)11-22-18(24)4-3-15-2-1-6-26-15/h1-4,6,8-10,17H,5,7,11-13H2,(H,22,24). The quantitative estimate of drug-likeness (QED) is 0.705. The number of rotatable bonds is 7. The van der Waals surface area contributed by atoms with E-state index in [-0.39, 0.29) is 31.1 Å². The molecule has 148 valence electrons. The number of aromatic nitrogens is 1. The summed E-state index contributed by atoms with van der Waals surface area (Å²) in [5, 5.41) is 3.05. The monoisotopic (exact) mass is 405 g/mol. The summed E-state index contributed by atoms with van der Waals surface area (Å²) in [7, 11) is 0. The number of amides is 2. The van der Waals surface area contributed by atoms with Gasteiger partial charge in [-0.1, -0.05) is 11.6 Å². The van der Waals surface area contributed by atoms with E-state index in [4.69, 9.17) is 25.5 Å². The second kappa shape index (κ2) is 9.91. The minimum absolute atomic E-state index is 0.0902. The van der Waals surface area contributed by atoms with Crippen LogP contribution in [0.4, 0.5) is 0 Å². The summed E-state index contributed by atoms with van der Waals surface area (Å²) in [5.41, 5.74) is 0. The number of hydrogen-bond donors (Lipinski definition) is 1. The van der Waals surface area contributed by atoms with E-state index in [1.54, 1.807) is 29.3 Å². The first kappa shape index (κ1) is 19.9. The van der Waals surface area contributed by atoms with Gasteiger partial charge < -0.3 is 24.1 Å². The first-order valence-corrected chi connectivity index (χ1v) is 9.10. The number of halogens is 1. The number of nitrogens with zero attached hydrogens (tertiary/aromatic N) is 2. The molecule has 1 unspecified atom stereocenters. The van der Waals surface area contributed by atoms with E-state index in [2.05, 4.69) is 10.3 Å². The van der Waals surface area contributed by atoms with Gasteiger partial charge in [-0.3, -0.25) is 14.6 Å². The second-order valence-electron chi connectivity index (χ2n) is 6.05. The van der Waals surface area contributed by atoms with Gasteiger partial charge in [-0.2, -0.15) is 0 Å². The lowest BCUT2D eigenvalue weighted by atomic mass is 10.2. The normalized spacial score (nSPS) is 16.9. The zero-order valence-corrected chi connectivity index (χ0v) is 15.8. The van der Waals surface area contributed by atoms with Crippen LogP contribution in [0.2, 0.25) is 5.02 Å². The largest absolute Gasteiger partial charge is 0.489 e. The molecule has 0 bridgehead atoms. The predicted molar refractivity (Wildman–Crippen MR) is 102 cm³/mol. The number of ether oxygens (including phenoxy) is 2. The molecule has 1 aliphatic rings. The molecular formula is C19H20ClN3O5. The van der Waals surface area contributed by atoms with Crippen molar-refractivity contribution in [3.63, 3.8) is 0 Å². The Balaban J connectivity index is 1.41. The molecule has 3 rings (SSSR count). The van der Waals surface area contributed by atoms with Crippen molar-refractivity contribution in [2.24, 2.45) is 0 Å². The molecule has 2 aromatic rings. The van der Waals surface area contributed by atoms with Crippen LogP contribution in [0.25, 0.3) is 6.08 Å². The summed E-state index contributed by atoms with van der Waals surface area (Å²) in [6, 6.07) is 5.11. The van der Waals surface area contributed by atoms with Gasteiger partial charge >= 0.3 is 0 Å². The molecule has 8 nitrogen and oxygen atoms in total. The lowest BCUT2D eigenvalue weighted by Crippen LogP contribution is -2.50. The van der Waals surface area contributed by atoms with Crippen molar-refractivity contribution < 1.29 is 23.5 Å². The Morgan fingerprint density at radius 3 is 3.11 bits per heavy atom. The summed E-state index contributed by atoms with van der Waals surface area (Å²) < 4.78 is 16.4. The number of pyridine rings is 1. The van der Waals surface area contributed by atoms with Crippen LogP contribution in [-0.4, -0.2) is 60.7 Å². The van der Waals surface area contributed by atoms with Crippen molar-refractivity contribution in [1.82, 2.24) is 15.2 Å². The van der Waals surface area contributed by atoms with Gasteiger partial charge in [0.1, 0.15) is 24.2 Å². The predicted octanol–water partition coefficient (Wildman–Crippen LogP) is 1.76. The Labute approximate surface area is 167 Å². The Hall–Kier alpha value is -2.84. The van der Waals surface area contributed by atoms with Crippen LogP contribution in [0.1, 0.15) is 5.76 Å². The summed E-state index contributed by atoms with van der Waals surface area (Å²) in [4.78, 5) is 29.7. The average molecular weight is 406 g/mol. The van der Waals surface area contributed by atoms with Gasteiger partial charge in [0, 0.05) is 24.9 Å². The van der Waals surface area contributed by atoms with Crippen LogP contribution in [-0.2, 0) is 14.3 Å². The Morgan fingerprint density at radius 2 is 2.32 bits per heavy atom. The molecule has 1 fully saturated rings. The highest BCUT2D eigenvalue weighted by Gasteiger charge is 2.24. The number of carbonyl (C=O) groups is 2. The van der Waals surface area contributed by atoms with Crippen LogP contribution in [0.3, 0.4) is 0 Å². The van der Waals surface area contributed by atoms with Gasteiger partial charge in [0.05, 0.1) is 37.2 Å². The fraction of sp³-hybridized carbons (Fsp3) is 0.316. The third kappa shape index (κ3) is 6.11. The number of morpholine rings is 1. The molecule has 0 aromatic carbocycles. The molecule has 1 N–H and O–H groups in total. The maximum Gasteiger partial charge on any atom is 0.244 e. The molecule has 9 heteroatoms. The highest BCUT2D eigenvalue weighted by molar-refractivity contribution is 6.30. The Morgan fingerprint density at radius 1 is 1.43 bits per heavy atom. The molecule has 1 aliphatic heterocycles. The van der Waals surface area contributed by atoms with E-state index < -0.39 is 0 Å². The maximum absolute atomic E-state index is 12.3. The number of furan rings is 1. The minimum Gasteiger partial charge on any atom is -0.489 e. The van der Waals surface area contributed by atoms with Crippen molar-refractivity contribution in [1.29, 1.82) is 0 Å². The first-order chi connectivity index (χ1) is 13.6. The third-order valence-corrected chi connectivity index (χ3v) is 4.17. The Bertz CT molecular complexity index is 825. The third-order valence-electron chi connectivity index (χ3n) is 3.96. The zero-order valence-electron chi connectivity index (χ0n) is 15.0. The molecule has 3 heterocycles. The van der Waals surface area contributed by atoms with Gasteiger partial charge in [-0.15, -0.1) is 0 Å². The van der Waals surface area contributed by atoms with E-state index in [1.165, 1.54) is 24.6 Å². The molecule has 2 aromatic heterocycles. The molecule has 1 saturated heterocycles. The van der Waals surface area contributed by atoms with Crippen molar-refractivity contribution >= 4 is 29.5 Å². The van der Waals surface area contributed by atoms with Crippen molar-refractivity contribution in [3.05, 3.63) is 53.7 Å². The summed E-state index contributed by atoms with van der Waals surface area (Å²) in [5.74, 6) is 0.548. The topological polar surface area (TPSA) is 93.9 Å². The molecule has 0 spiro atoms. The molecule has 0 saturated carbocycles.